The lowest BCUT2D eigenvalue weighted by Crippen LogP contribution is -1.93. The first kappa shape index (κ1) is 12.1. The molecule has 1 aromatic heterocycles. The highest BCUT2D eigenvalue weighted by Gasteiger charge is 2.08. The molecule has 0 saturated carbocycles. The standard InChI is InChI=1S/C14H13ClFN/c1-3-10-8-17-14(15)7-13(10)12-5-4-11(16)6-9(12)2/h4-8H,3H2,1-2H3. The molecule has 0 amide bonds. The Bertz CT molecular complexity index is 552. The Morgan fingerprint density at radius 1 is 1.24 bits per heavy atom. The van der Waals surface area contributed by atoms with E-state index in [9.17, 15) is 4.39 Å². The number of aryl methyl sites for hydroxylation is 2. The number of hydrogen-bond acceptors (Lipinski definition) is 1. The fourth-order valence-corrected chi connectivity index (χ4v) is 2.08. The Balaban J connectivity index is 2.62. The summed E-state index contributed by atoms with van der Waals surface area (Å²) >= 11 is 5.92. The average Bonchev–Trinajstić information content (AvgIpc) is 2.29. The van der Waals surface area contributed by atoms with Crippen LogP contribution >= 0.6 is 11.6 Å². The van der Waals surface area contributed by atoms with Gasteiger partial charge in [0.05, 0.1) is 0 Å². The highest BCUT2D eigenvalue weighted by molar-refractivity contribution is 6.29. The van der Waals surface area contributed by atoms with Gasteiger partial charge in [-0.15, -0.1) is 0 Å². The first-order chi connectivity index (χ1) is 8.11. The quantitative estimate of drug-likeness (QED) is 0.719. The van der Waals surface area contributed by atoms with Crippen LogP contribution in [-0.4, -0.2) is 4.98 Å². The Kier molecular flexibility index (Phi) is 3.43. The van der Waals surface area contributed by atoms with E-state index in [2.05, 4.69) is 11.9 Å². The lowest BCUT2D eigenvalue weighted by atomic mass is 9.96. The second-order valence-corrected chi connectivity index (χ2v) is 4.36. The van der Waals surface area contributed by atoms with Crippen molar-refractivity contribution >= 4 is 11.6 Å². The maximum Gasteiger partial charge on any atom is 0.129 e. The molecule has 2 aromatic rings. The van der Waals surface area contributed by atoms with Gasteiger partial charge >= 0.3 is 0 Å². The second-order valence-electron chi connectivity index (χ2n) is 3.98. The Hall–Kier alpha value is -1.41. The highest BCUT2D eigenvalue weighted by Crippen LogP contribution is 2.29. The van der Waals surface area contributed by atoms with Gasteiger partial charge in [0.1, 0.15) is 11.0 Å². The van der Waals surface area contributed by atoms with E-state index in [0.29, 0.717) is 5.15 Å². The summed E-state index contributed by atoms with van der Waals surface area (Å²) in [5.74, 6) is -0.218. The smallest absolute Gasteiger partial charge is 0.129 e. The number of aromatic nitrogens is 1. The summed E-state index contributed by atoms with van der Waals surface area (Å²) < 4.78 is 13.1. The van der Waals surface area contributed by atoms with Crippen LogP contribution in [-0.2, 0) is 6.42 Å². The number of pyridine rings is 1. The molecular weight excluding hydrogens is 237 g/mol. The summed E-state index contributed by atoms with van der Waals surface area (Å²) in [7, 11) is 0. The number of benzene rings is 1. The van der Waals surface area contributed by atoms with E-state index in [0.717, 1.165) is 28.7 Å². The van der Waals surface area contributed by atoms with Crippen LogP contribution in [0.4, 0.5) is 4.39 Å². The van der Waals surface area contributed by atoms with Crippen molar-refractivity contribution in [1.82, 2.24) is 4.98 Å². The molecular formula is C14H13ClFN. The van der Waals surface area contributed by atoms with Crippen molar-refractivity contribution in [2.75, 3.05) is 0 Å². The number of rotatable bonds is 2. The maximum absolute atomic E-state index is 13.1. The zero-order valence-corrected chi connectivity index (χ0v) is 10.6. The summed E-state index contributed by atoms with van der Waals surface area (Å²) in [6.07, 6.45) is 2.65. The van der Waals surface area contributed by atoms with Crippen molar-refractivity contribution < 1.29 is 4.39 Å². The zero-order chi connectivity index (χ0) is 12.4. The fourth-order valence-electron chi connectivity index (χ4n) is 1.92. The molecule has 88 valence electrons. The number of nitrogens with zero attached hydrogens (tertiary/aromatic N) is 1. The third kappa shape index (κ3) is 2.47. The van der Waals surface area contributed by atoms with Gasteiger partial charge in [-0.3, -0.25) is 0 Å². The lowest BCUT2D eigenvalue weighted by Gasteiger charge is -2.11. The van der Waals surface area contributed by atoms with Gasteiger partial charge in [0.25, 0.3) is 0 Å². The Morgan fingerprint density at radius 2 is 2.00 bits per heavy atom. The molecule has 0 unspecified atom stereocenters. The SMILES string of the molecule is CCc1cnc(Cl)cc1-c1ccc(F)cc1C. The summed E-state index contributed by atoms with van der Waals surface area (Å²) in [6.45, 7) is 3.96. The predicted octanol–water partition coefficient (Wildman–Crippen LogP) is 4.41. The summed E-state index contributed by atoms with van der Waals surface area (Å²) in [5.41, 5.74) is 4.06. The van der Waals surface area contributed by atoms with Gasteiger partial charge in [-0.1, -0.05) is 24.6 Å². The molecule has 0 atom stereocenters. The summed E-state index contributed by atoms with van der Waals surface area (Å²) in [5, 5.41) is 0.459. The minimum atomic E-state index is -0.218. The predicted molar refractivity (Wildman–Crippen MR) is 68.8 cm³/mol. The molecule has 0 spiro atoms. The minimum absolute atomic E-state index is 0.218. The monoisotopic (exact) mass is 249 g/mol. The van der Waals surface area contributed by atoms with E-state index in [1.54, 1.807) is 12.3 Å². The molecule has 17 heavy (non-hydrogen) atoms. The average molecular weight is 250 g/mol. The van der Waals surface area contributed by atoms with Crippen molar-refractivity contribution in [2.45, 2.75) is 20.3 Å². The number of hydrogen-bond donors (Lipinski definition) is 0. The zero-order valence-electron chi connectivity index (χ0n) is 9.80. The largest absolute Gasteiger partial charge is 0.244 e. The van der Waals surface area contributed by atoms with Crippen molar-refractivity contribution in [3.8, 4) is 11.1 Å². The van der Waals surface area contributed by atoms with Crippen LogP contribution in [0, 0.1) is 12.7 Å². The van der Waals surface area contributed by atoms with Crippen LogP contribution in [0.1, 0.15) is 18.1 Å². The van der Waals surface area contributed by atoms with E-state index < -0.39 is 0 Å². The van der Waals surface area contributed by atoms with Gasteiger partial charge in [0.2, 0.25) is 0 Å². The van der Waals surface area contributed by atoms with Crippen LogP contribution in [0.25, 0.3) is 11.1 Å². The molecule has 0 aliphatic carbocycles. The van der Waals surface area contributed by atoms with Crippen LogP contribution in [0.3, 0.4) is 0 Å². The molecule has 1 nitrogen and oxygen atoms in total. The Morgan fingerprint density at radius 3 is 2.65 bits per heavy atom. The Labute approximate surface area is 105 Å². The molecule has 2 rings (SSSR count). The molecule has 1 aromatic carbocycles. The molecule has 0 radical (unpaired) electrons. The van der Waals surface area contributed by atoms with Gasteiger partial charge < -0.3 is 0 Å². The molecule has 0 fully saturated rings. The van der Waals surface area contributed by atoms with Gasteiger partial charge in [0.15, 0.2) is 0 Å². The first-order valence-corrected chi connectivity index (χ1v) is 5.90. The highest BCUT2D eigenvalue weighted by atomic mass is 35.5. The van der Waals surface area contributed by atoms with Crippen LogP contribution in [0.15, 0.2) is 30.5 Å². The fraction of sp³-hybridized carbons (Fsp3) is 0.214. The first-order valence-electron chi connectivity index (χ1n) is 5.52. The topological polar surface area (TPSA) is 12.9 Å². The molecule has 0 aliphatic heterocycles. The maximum atomic E-state index is 13.1. The molecule has 0 saturated heterocycles. The van der Waals surface area contributed by atoms with Crippen LogP contribution < -0.4 is 0 Å². The van der Waals surface area contributed by atoms with E-state index in [-0.39, 0.29) is 5.82 Å². The lowest BCUT2D eigenvalue weighted by molar-refractivity contribution is 0.627. The summed E-state index contributed by atoms with van der Waals surface area (Å²) in [4.78, 5) is 4.07. The summed E-state index contributed by atoms with van der Waals surface area (Å²) in [6, 6.07) is 6.62. The van der Waals surface area contributed by atoms with Crippen molar-refractivity contribution in [1.29, 1.82) is 0 Å². The molecule has 3 heteroatoms. The van der Waals surface area contributed by atoms with E-state index in [4.69, 9.17) is 11.6 Å². The second kappa shape index (κ2) is 4.84. The minimum Gasteiger partial charge on any atom is -0.244 e. The normalized spacial score (nSPS) is 10.6. The van der Waals surface area contributed by atoms with E-state index in [1.807, 2.05) is 13.0 Å². The van der Waals surface area contributed by atoms with Gasteiger partial charge in [-0.2, -0.15) is 0 Å². The molecule has 0 N–H and O–H groups in total. The van der Waals surface area contributed by atoms with Gasteiger partial charge in [0, 0.05) is 6.20 Å². The molecule has 0 aliphatic rings. The third-order valence-corrected chi connectivity index (χ3v) is 3.02. The van der Waals surface area contributed by atoms with Crippen LogP contribution in [0.5, 0.6) is 0 Å². The van der Waals surface area contributed by atoms with Gasteiger partial charge in [-0.25, -0.2) is 9.37 Å². The van der Waals surface area contributed by atoms with E-state index in [1.165, 1.54) is 12.1 Å². The van der Waals surface area contributed by atoms with Crippen LogP contribution in [0.2, 0.25) is 5.15 Å². The third-order valence-electron chi connectivity index (χ3n) is 2.81. The van der Waals surface area contributed by atoms with Crippen molar-refractivity contribution in [3.05, 3.63) is 52.6 Å². The molecule has 0 bridgehead atoms. The molecule has 1 heterocycles. The van der Waals surface area contributed by atoms with Crippen molar-refractivity contribution in [3.63, 3.8) is 0 Å². The number of halogens is 2. The van der Waals surface area contributed by atoms with E-state index >= 15 is 0 Å². The van der Waals surface area contributed by atoms with Crippen molar-refractivity contribution in [2.24, 2.45) is 0 Å². The van der Waals surface area contributed by atoms with Gasteiger partial charge in [-0.05, 0) is 53.8 Å².